The first-order valence-electron chi connectivity index (χ1n) is 6.39. The molecule has 1 aliphatic heterocycles. The maximum Gasteiger partial charge on any atom is 0.197 e. The Morgan fingerprint density at radius 3 is 2.89 bits per heavy atom. The number of hydrogen-bond acceptors (Lipinski definition) is 3. The molecular weight excluding hydrogens is 282 g/mol. The second-order valence-electron chi connectivity index (χ2n) is 4.72. The fraction of sp³-hybridized carbons (Fsp3) is 0.462. The normalized spacial score (nSPS) is 20.9. The molecule has 2 unspecified atom stereocenters. The zero-order chi connectivity index (χ0) is 12.4. The molecule has 19 heavy (non-hydrogen) atoms. The molecule has 2 aromatic rings. The van der Waals surface area contributed by atoms with Crippen LogP contribution in [0.15, 0.2) is 29.4 Å². The van der Waals surface area contributed by atoms with Crippen LogP contribution in [0.4, 0.5) is 0 Å². The highest BCUT2D eigenvalue weighted by Gasteiger charge is 2.18. The minimum Gasteiger partial charge on any atom is -0.331 e. The van der Waals surface area contributed by atoms with Gasteiger partial charge in [0, 0.05) is 11.8 Å². The van der Waals surface area contributed by atoms with Crippen LogP contribution < -0.4 is 5.32 Å². The molecule has 2 atom stereocenters. The maximum absolute atomic E-state index is 12.3. The first-order chi connectivity index (χ1) is 8.83. The maximum atomic E-state index is 12.3. The zero-order valence-electron chi connectivity index (χ0n) is 10.6. The molecule has 0 saturated carbocycles. The summed E-state index contributed by atoms with van der Waals surface area (Å²) in [6.07, 6.45) is 3.58. The molecule has 4 nitrogen and oxygen atoms in total. The van der Waals surface area contributed by atoms with E-state index < -0.39 is 10.8 Å². The van der Waals surface area contributed by atoms with Gasteiger partial charge in [0.05, 0.1) is 21.8 Å². The van der Waals surface area contributed by atoms with E-state index in [1.807, 2.05) is 24.3 Å². The lowest BCUT2D eigenvalue weighted by molar-refractivity contribution is 0.427. The van der Waals surface area contributed by atoms with E-state index in [9.17, 15) is 4.21 Å². The van der Waals surface area contributed by atoms with Crippen LogP contribution in [0.1, 0.15) is 19.3 Å². The van der Waals surface area contributed by atoms with Crippen molar-refractivity contribution in [1.82, 2.24) is 15.3 Å². The van der Waals surface area contributed by atoms with Crippen molar-refractivity contribution >= 4 is 34.2 Å². The van der Waals surface area contributed by atoms with Crippen LogP contribution in [0.25, 0.3) is 11.0 Å². The Bertz CT molecular complexity index is 533. The van der Waals surface area contributed by atoms with Gasteiger partial charge in [0.25, 0.3) is 0 Å². The quantitative estimate of drug-likeness (QED) is 0.914. The third-order valence-corrected chi connectivity index (χ3v) is 4.68. The van der Waals surface area contributed by atoms with E-state index in [2.05, 4.69) is 15.3 Å². The lowest BCUT2D eigenvalue weighted by Crippen LogP contribution is -2.38. The first-order valence-corrected chi connectivity index (χ1v) is 7.71. The highest BCUT2D eigenvalue weighted by molar-refractivity contribution is 7.84. The van der Waals surface area contributed by atoms with Gasteiger partial charge < -0.3 is 10.3 Å². The molecule has 3 rings (SSSR count). The number of rotatable bonds is 3. The number of nitrogens with zero attached hydrogens (tertiary/aromatic N) is 1. The van der Waals surface area contributed by atoms with Crippen LogP contribution in [0.2, 0.25) is 0 Å². The molecule has 0 amide bonds. The van der Waals surface area contributed by atoms with Crippen molar-refractivity contribution in [3.8, 4) is 0 Å². The van der Waals surface area contributed by atoms with E-state index in [0.29, 0.717) is 17.0 Å². The van der Waals surface area contributed by atoms with Crippen molar-refractivity contribution < 1.29 is 4.21 Å². The standard InChI is InChI=1S/C13H17N3OS.ClH/c17-18(9-10-5-3-4-8-14-10)13-15-11-6-1-2-7-12(11)16-13;/h1-2,6-7,10,14H,3-5,8-9H2,(H,15,16);1H. The van der Waals surface area contributed by atoms with Gasteiger partial charge in [-0.1, -0.05) is 18.6 Å². The van der Waals surface area contributed by atoms with Crippen LogP contribution in [0.5, 0.6) is 0 Å². The molecule has 0 radical (unpaired) electrons. The Labute approximate surface area is 121 Å². The lowest BCUT2D eigenvalue weighted by atomic mass is 10.1. The molecular formula is C13H18ClN3OS. The number of para-hydroxylation sites is 2. The molecule has 0 spiro atoms. The average Bonchev–Trinajstić information content (AvgIpc) is 2.84. The third-order valence-electron chi connectivity index (χ3n) is 3.35. The number of halogens is 1. The highest BCUT2D eigenvalue weighted by Crippen LogP contribution is 2.15. The number of nitrogens with one attached hydrogen (secondary N) is 2. The lowest BCUT2D eigenvalue weighted by Gasteiger charge is -2.22. The number of piperidine rings is 1. The number of hydrogen-bond donors (Lipinski definition) is 2. The van der Waals surface area contributed by atoms with E-state index >= 15 is 0 Å². The number of H-pyrrole nitrogens is 1. The molecule has 1 saturated heterocycles. The summed E-state index contributed by atoms with van der Waals surface area (Å²) >= 11 is 0. The SMILES string of the molecule is Cl.O=S(CC1CCCCN1)c1nc2ccccc2[nH]1. The molecule has 6 heteroatoms. The van der Waals surface area contributed by atoms with Crippen molar-refractivity contribution in [3.05, 3.63) is 24.3 Å². The Kier molecular flexibility index (Phi) is 4.96. The van der Waals surface area contributed by atoms with Crippen molar-refractivity contribution in [1.29, 1.82) is 0 Å². The largest absolute Gasteiger partial charge is 0.331 e. The molecule has 104 valence electrons. The van der Waals surface area contributed by atoms with Gasteiger partial charge in [-0.05, 0) is 31.5 Å². The molecule has 1 aromatic heterocycles. The minimum absolute atomic E-state index is 0. The fourth-order valence-electron chi connectivity index (χ4n) is 2.37. The summed E-state index contributed by atoms with van der Waals surface area (Å²) in [5.41, 5.74) is 1.84. The predicted octanol–water partition coefficient (Wildman–Crippen LogP) is 2.23. The fourth-order valence-corrected chi connectivity index (χ4v) is 3.60. The zero-order valence-corrected chi connectivity index (χ0v) is 12.2. The smallest absolute Gasteiger partial charge is 0.197 e. The highest BCUT2D eigenvalue weighted by atomic mass is 35.5. The van der Waals surface area contributed by atoms with Crippen molar-refractivity contribution in [2.45, 2.75) is 30.5 Å². The van der Waals surface area contributed by atoms with Gasteiger partial charge in [0.1, 0.15) is 0 Å². The monoisotopic (exact) mass is 299 g/mol. The molecule has 1 aliphatic rings. The molecule has 2 heterocycles. The topological polar surface area (TPSA) is 57.8 Å². The Morgan fingerprint density at radius 1 is 1.32 bits per heavy atom. The second-order valence-corrected chi connectivity index (χ2v) is 6.13. The second kappa shape index (κ2) is 6.50. The summed E-state index contributed by atoms with van der Waals surface area (Å²) in [5.74, 6) is 0.653. The Morgan fingerprint density at radius 2 is 2.16 bits per heavy atom. The molecule has 0 aliphatic carbocycles. The van der Waals surface area contributed by atoms with Gasteiger partial charge in [-0.25, -0.2) is 4.98 Å². The van der Waals surface area contributed by atoms with E-state index in [1.54, 1.807) is 0 Å². The van der Waals surface area contributed by atoms with Crippen molar-refractivity contribution in [2.75, 3.05) is 12.3 Å². The number of benzene rings is 1. The minimum atomic E-state index is -1.04. The molecule has 1 fully saturated rings. The van der Waals surface area contributed by atoms with Crippen molar-refractivity contribution in [2.24, 2.45) is 0 Å². The average molecular weight is 300 g/mol. The number of aromatic nitrogens is 2. The molecule has 2 N–H and O–H groups in total. The third kappa shape index (κ3) is 3.35. The van der Waals surface area contributed by atoms with Crippen LogP contribution in [0, 0.1) is 0 Å². The number of fused-ring (bicyclic) bond motifs is 1. The first kappa shape index (κ1) is 14.5. The summed E-state index contributed by atoms with van der Waals surface area (Å²) in [6.45, 7) is 1.04. The van der Waals surface area contributed by atoms with Gasteiger partial charge in [0.15, 0.2) is 5.16 Å². The summed E-state index contributed by atoms with van der Waals surface area (Å²) in [4.78, 5) is 7.54. The van der Waals surface area contributed by atoms with Gasteiger partial charge in [-0.3, -0.25) is 4.21 Å². The van der Waals surface area contributed by atoms with E-state index in [4.69, 9.17) is 0 Å². The van der Waals surface area contributed by atoms with Crippen molar-refractivity contribution in [3.63, 3.8) is 0 Å². The molecule has 0 bridgehead atoms. The Hall–Kier alpha value is -0.910. The van der Waals surface area contributed by atoms with E-state index in [0.717, 1.165) is 24.0 Å². The van der Waals surface area contributed by atoms with Crippen LogP contribution >= 0.6 is 12.4 Å². The summed E-state index contributed by atoms with van der Waals surface area (Å²) in [7, 11) is -1.04. The molecule has 1 aromatic carbocycles. The summed E-state index contributed by atoms with van der Waals surface area (Å²) < 4.78 is 12.3. The van der Waals surface area contributed by atoms with Gasteiger partial charge in [-0.2, -0.15) is 0 Å². The van der Waals surface area contributed by atoms with E-state index in [-0.39, 0.29) is 12.4 Å². The van der Waals surface area contributed by atoms with E-state index in [1.165, 1.54) is 12.8 Å². The van der Waals surface area contributed by atoms with Gasteiger partial charge in [0.2, 0.25) is 0 Å². The predicted molar refractivity (Wildman–Crippen MR) is 80.3 cm³/mol. The Balaban J connectivity index is 0.00000133. The number of aromatic amines is 1. The van der Waals surface area contributed by atoms with Gasteiger partial charge >= 0.3 is 0 Å². The van der Waals surface area contributed by atoms with Gasteiger partial charge in [-0.15, -0.1) is 12.4 Å². The summed E-state index contributed by atoms with van der Waals surface area (Å²) in [5, 5.41) is 4.02. The van der Waals surface area contributed by atoms with Crippen LogP contribution in [0.3, 0.4) is 0 Å². The van der Waals surface area contributed by atoms with Crippen LogP contribution in [-0.2, 0) is 10.8 Å². The number of imidazole rings is 1. The van der Waals surface area contributed by atoms with Crippen LogP contribution in [-0.4, -0.2) is 32.5 Å². The summed E-state index contributed by atoms with van der Waals surface area (Å²) in [6, 6.07) is 8.16.